The molecule has 2 unspecified atom stereocenters. The summed E-state index contributed by atoms with van der Waals surface area (Å²) in [6.45, 7) is 1.38. The van der Waals surface area contributed by atoms with Gasteiger partial charge in [0.25, 0.3) is 5.92 Å². The van der Waals surface area contributed by atoms with Gasteiger partial charge in [-0.1, -0.05) is 6.08 Å². The number of amides is 3. The van der Waals surface area contributed by atoms with E-state index in [4.69, 9.17) is 9.84 Å². The molecule has 33 heavy (non-hydrogen) atoms. The van der Waals surface area contributed by atoms with Crippen LogP contribution in [0.25, 0.3) is 0 Å². The van der Waals surface area contributed by atoms with Crippen molar-refractivity contribution in [3.8, 4) is 5.75 Å². The van der Waals surface area contributed by atoms with Crippen molar-refractivity contribution in [2.75, 3.05) is 31.6 Å². The smallest absolute Gasteiger partial charge is 0.328 e. The Morgan fingerprint density at radius 1 is 1.39 bits per heavy atom. The van der Waals surface area contributed by atoms with Crippen LogP contribution in [0.4, 0.5) is 19.4 Å². The summed E-state index contributed by atoms with van der Waals surface area (Å²) in [5.41, 5.74) is 0.771. The van der Waals surface area contributed by atoms with E-state index < -0.39 is 29.9 Å². The van der Waals surface area contributed by atoms with Crippen molar-refractivity contribution in [1.82, 2.24) is 25.4 Å². The SMILES string of the molecule is O=C(NC1CC1(F)F)C1C=CC2=C(N1)N(C(=O)Nc1cc(OCCO)ccn1)[C@H]1CCN2C1. The molecule has 12 heteroatoms. The molecule has 176 valence electrons. The number of fused-ring (bicyclic) bond motifs is 3. The molecular weight excluding hydrogens is 438 g/mol. The van der Waals surface area contributed by atoms with Gasteiger partial charge < -0.3 is 25.4 Å². The summed E-state index contributed by atoms with van der Waals surface area (Å²) in [5, 5.41) is 17.1. The third kappa shape index (κ3) is 4.17. The standard InChI is InChI=1S/C21H24F2N6O4/c22-21(23)10-16(21)26-19(31)14-1-2-15-18(25-14)29(12-4-6-28(15)11-12)20(32)27-17-9-13(3-5-24-17)33-8-7-30/h1-3,5,9,12,14,16,25,30H,4,6-8,10-11H2,(H,26,31)(H,24,27,32)/t12-,14?,16?/m0/s1. The second kappa shape index (κ2) is 8.18. The van der Waals surface area contributed by atoms with E-state index in [0.717, 1.165) is 18.7 Å². The number of pyridine rings is 1. The number of hydrogen-bond acceptors (Lipinski definition) is 7. The molecule has 1 aromatic heterocycles. The number of aromatic nitrogens is 1. The Balaban J connectivity index is 1.32. The van der Waals surface area contributed by atoms with Crippen molar-refractivity contribution in [3.63, 3.8) is 0 Å². The van der Waals surface area contributed by atoms with Crippen LogP contribution in [-0.4, -0.2) is 82.2 Å². The molecule has 3 amide bonds. The van der Waals surface area contributed by atoms with Gasteiger partial charge in [-0.05, 0) is 18.6 Å². The largest absolute Gasteiger partial charge is 0.491 e. The number of hydrogen-bond donors (Lipinski definition) is 4. The minimum Gasteiger partial charge on any atom is -0.491 e. The van der Waals surface area contributed by atoms with Gasteiger partial charge in [0.05, 0.1) is 24.4 Å². The molecule has 1 aliphatic carbocycles. The summed E-state index contributed by atoms with van der Waals surface area (Å²) in [5.74, 6) is -2.24. The van der Waals surface area contributed by atoms with Crippen molar-refractivity contribution >= 4 is 17.8 Å². The van der Waals surface area contributed by atoms with Crippen molar-refractivity contribution in [1.29, 1.82) is 0 Å². The van der Waals surface area contributed by atoms with Gasteiger partial charge in [-0.3, -0.25) is 15.0 Å². The van der Waals surface area contributed by atoms with E-state index in [1.807, 2.05) is 0 Å². The Morgan fingerprint density at radius 3 is 2.97 bits per heavy atom. The number of nitrogens with zero attached hydrogens (tertiary/aromatic N) is 3. The third-order valence-corrected chi connectivity index (χ3v) is 6.06. The number of carbonyl (C=O) groups excluding carboxylic acids is 2. The topological polar surface area (TPSA) is 119 Å². The zero-order valence-corrected chi connectivity index (χ0v) is 17.6. The summed E-state index contributed by atoms with van der Waals surface area (Å²) in [4.78, 5) is 33.6. The highest BCUT2D eigenvalue weighted by Gasteiger charge is 2.58. The first-order valence-corrected chi connectivity index (χ1v) is 10.8. The molecule has 1 saturated carbocycles. The van der Waals surface area contributed by atoms with Gasteiger partial charge in [-0.25, -0.2) is 18.6 Å². The number of alkyl halides is 2. The Hall–Kier alpha value is -3.41. The number of nitrogens with one attached hydrogen (secondary N) is 3. The minimum absolute atomic E-state index is 0.115. The number of aliphatic hydroxyl groups excluding tert-OH is 1. The molecular formula is C21H24F2N6O4. The Kier molecular flexibility index (Phi) is 5.31. The summed E-state index contributed by atoms with van der Waals surface area (Å²) >= 11 is 0. The van der Waals surface area contributed by atoms with Crippen molar-refractivity contribution in [2.45, 2.75) is 36.9 Å². The van der Waals surface area contributed by atoms with Crippen LogP contribution in [0.1, 0.15) is 12.8 Å². The van der Waals surface area contributed by atoms with E-state index in [2.05, 4.69) is 25.8 Å². The maximum absolute atomic E-state index is 13.3. The lowest BCUT2D eigenvalue weighted by Crippen LogP contribution is -2.56. The Labute approximate surface area is 188 Å². The lowest BCUT2D eigenvalue weighted by molar-refractivity contribution is -0.122. The highest BCUT2D eigenvalue weighted by atomic mass is 19.3. The number of ether oxygens (including phenoxy) is 1. The van der Waals surface area contributed by atoms with E-state index in [9.17, 15) is 18.4 Å². The second-order valence-electron chi connectivity index (χ2n) is 8.38. The van der Waals surface area contributed by atoms with Gasteiger partial charge in [-0.15, -0.1) is 0 Å². The van der Waals surface area contributed by atoms with Crippen molar-refractivity contribution < 1.29 is 28.2 Å². The number of halogens is 2. The number of dihydropyridines is 1. The van der Waals surface area contributed by atoms with Crippen LogP contribution >= 0.6 is 0 Å². The van der Waals surface area contributed by atoms with Crippen LogP contribution in [-0.2, 0) is 4.79 Å². The number of anilines is 1. The molecule has 0 radical (unpaired) electrons. The average molecular weight is 462 g/mol. The average Bonchev–Trinajstić information content (AvgIpc) is 3.18. The summed E-state index contributed by atoms with van der Waals surface area (Å²) in [7, 11) is 0. The number of carbonyl (C=O) groups is 2. The molecule has 3 aliphatic heterocycles. The molecule has 3 atom stereocenters. The fraction of sp³-hybridized carbons (Fsp3) is 0.476. The molecule has 4 heterocycles. The van der Waals surface area contributed by atoms with Gasteiger partial charge >= 0.3 is 6.03 Å². The third-order valence-electron chi connectivity index (χ3n) is 6.06. The van der Waals surface area contributed by atoms with E-state index in [0.29, 0.717) is 18.1 Å². The van der Waals surface area contributed by atoms with Gasteiger partial charge in [0.1, 0.15) is 30.0 Å². The number of rotatable bonds is 6. The highest BCUT2D eigenvalue weighted by Crippen LogP contribution is 2.41. The van der Waals surface area contributed by atoms with Gasteiger partial charge in [0.15, 0.2) is 0 Å². The molecule has 2 fully saturated rings. The molecule has 0 spiro atoms. The number of aliphatic hydroxyl groups is 1. The molecule has 4 aliphatic rings. The molecule has 10 nitrogen and oxygen atoms in total. The van der Waals surface area contributed by atoms with E-state index >= 15 is 0 Å². The first-order chi connectivity index (χ1) is 15.9. The Morgan fingerprint density at radius 2 is 2.21 bits per heavy atom. The summed E-state index contributed by atoms with van der Waals surface area (Å²) in [6.07, 6.45) is 5.24. The zero-order valence-electron chi connectivity index (χ0n) is 17.6. The summed E-state index contributed by atoms with van der Waals surface area (Å²) < 4.78 is 31.8. The number of allylic oxidation sites excluding steroid dienone is 1. The molecule has 0 aromatic carbocycles. The molecule has 2 bridgehead atoms. The van der Waals surface area contributed by atoms with Gasteiger partial charge in [0, 0.05) is 31.8 Å². The van der Waals surface area contributed by atoms with Crippen LogP contribution < -0.4 is 20.7 Å². The second-order valence-corrected chi connectivity index (χ2v) is 8.38. The summed E-state index contributed by atoms with van der Waals surface area (Å²) in [6, 6.07) is 0.593. The Bertz CT molecular complexity index is 1030. The lowest BCUT2D eigenvalue weighted by atomic mass is 10.1. The van der Waals surface area contributed by atoms with Crippen LogP contribution in [0.3, 0.4) is 0 Å². The minimum atomic E-state index is -2.86. The van der Waals surface area contributed by atoms with Gasteiger partial charge in [-0.2, -0.15) is 0 Å². The van der Waals surface area contributed by atoms with E-state index in [-0.39, 0.29) is 31.5 Å². The predicted molar refractivity (Wildman–Crippen MR) is 112 cm³/mol. The van der Waals surface area contributed by atoms with Crippen molar-refractivity contribution in [3.05, 3.63) is 42.0 Å². The van der Waals surface area contributed by atoms with Crippen LogP contribution in [0.5, 0.6) is 5.75 Å². The van der Waals surface area contributed by atoms with Crippen LogP contribution in [0.2, 0.25) is 0 Å². The van der Waals surface area contributed by atoms with Gasteiger partial charge in [0.2, 0.25) is 5.91 Å². The quantitative estimate of drug-likeness (QED) is 0.489. The van der Waals surface area contributed by atoms with Crippen LogP contribution in [0.15, 0.2) is 42.0 Å². The molecule has 4 N–H and O–H groups in total. The van der Waals surface area contributed by atoms with E-state index in [1.54, 1.807) is 29.2 Å². The zero-order chi connectivity index (χ0) is 23.2. The normalized spacial score (nSPS) is 26.5. The fourth-order valence-electron chi connectivity index (χ4n) is 4.29. The maximum atomic E-state index is 13.3. The van der Waals surface area contributed by atoms with Crippen LogP contribution in [0, 0.1) is 0 Å². The monoisotopic (exact) mass is 462 g/mol. The lowest BCUT2D eigenvalue weighted by Gasteiger charge is -2.40. The van der Waals surface area contributed by atoms with E-state index in [1.165, 1.54) is 6.20 Å². The first kappa shape index (κ1) is 21.4. The number of urea groups is 1. The van der Waals surface area contributed by atoms with Crippen molar-refractivity contribution in [2.24, 2.45) is 0 Å². The highest BCUT2D eigenvalue weighted by molar-refractivity contribution is 5.91. The molecule has 1 aromatic rings. The fourth-order valence-corrected chi connectivity index (χ4v) is 4.29. The first-order valence-electron chi connectivity index (χ1n) is 10.8. The predicted octanol–water partition coefficient (Wildman–Crippen LogP) is 0.595. The molecule has 1 saturated heterocycles. The maximum Gasteiger partial charge on any atom is 0.328 e. The molecule has 5 rings (SSSR count).